The van der Waals surface area contributed by atoms with Gasteiger partial charge in [-0.3, -0.25) is 4.79 Å². The average Bonchev–Trinajstić information content (AvgIpc) is 2.49. The molecule has 1 N–H and O–H groups in total. The molecule has 0 aliphatic rings. The fourth-order valence-corrected chi connectivity index (χ4v) is 1.97. The smallest absolute Gasteiger partial charge is 0.280 e. The van der Waals surface area contributed by atoms with Gasteiger partial charge in [0, 0.05) is 10.6 Å². The highest BCUT2D eigenvalue weighted by atomic mass is 35.5. The van der Waals surface area contributed by atoms with Crippen LogP contribution in [-0.4, -0.2) is 18.2 Å². The Morgan fingerprint density at radius 2 is 2.05 bits per heavy atom. The Morgan fingerprint density at radius 3 is 2.77 bits per heavy atom. The molecule has 0 fully saturated rings. The number of halogens is 1. The van der Waals surface area contributed by atoms with Crippen LogP contribution in [0.4, 0.5) is 0 Å². The van der Waals surface area contributed by atoms with E-state index in [2.05, 4.69) is 10.5 Å². The second-order valence-electron chi connectivity index (χ2n) is 4.83. The largest absolute Gasteiger partial charge is 0.481 e. The van der Waals surface area contributed by atoms with E-state index in [0.717, 1.165) is 11.1 Å². The van der Waals surface area contributed by atoms with Gasteiger partial charge in [-0.05, 0) is 37.6 Å². The molecule has 2 rings (SSSR count). The molecule has 0 spiro atoms. The number of benzene rings is 2. The van der Waals surface area contributed by atoms with Gasteiger partial charge in [-0.2, -0.15) is 5.10 Å². The normalized spacial score (nSPS) is 12.1. The summed E-state index contributed by atoms with van der Waals surface area (Å²) in [7, 11) is 0. The van der Waals surface area contributed by atoms with E-state index in [-0.39, 0.29) is 5.91 Å². The standard InChI is InChI=1S/C17H17ClN2O2/c1-12-6-5-8-15(10-12)22-13(2)17(21)20-19-11-14-7-3-4-9-16(14)18/h3-11,13H,1-2H3,(H,20,21)/t13-/m1/s1. The van der Waals surface area contributed by atoms with Crippen molar-refractivity contribution in [1.29, 1.82) is 0 Å². The van der Waals surface area contributed by atoms with E-state index in [1.165, 1.54) is 6.21 Å². The molecule has 1 amide bonds. The van der Waals surface area contributed by atoms with E-state index in [4.69, 9.17) is 16.3 Å². The van der Waals surface area contributed by atoms with Crippen LogP contribution in [0.3, 0.4) is 0 Å². The van der Waals surface area contributed by atoms with Gasteiger partial charge in [-0.1, -0.05) is 41.9 Å². The zero-order chi connectivity index (χ0) is 15.9. The van der Waals surface area contributed by atoms with Crippen molar-refractivity contribution in [3.63, 3.8) is 0 Å². The van der Waals surface area contributed by atoms with Gasteiger partial charge < -0.3 is 4.74 Å². The number of hydrogen-bond donors (Lipinski definition) is 1. The lowest BCUT2D eigenvalue weighted by Crippen LogP contribution is -2.33. The van der Waals surface area contributed by atoms with Gasteiger partial charge in [-0.25, -0.2) is 5.43 Å². The lowest BCUT2D eigenvalue weighted by Gasteiger charge is -2.13. The number of hydrogen-bond acceptors (Lipinski definition) is 3. The Bertz CT molecular complexity index is 686. The van der Waals surface area contributed by atoms with Crippen LogP contribution < -0.4 is 10.2 Å². The van der Waals surface area contributed by atoms with Gasteiger partial charge in [0.05, 0.1) is 6.21 Å². The molecule has 0 unspecified atom stereocenters. The summed E-state index contributed by atoms with van der Waals surface area (Å²) in [6, 6.07) is 14.8. The summed E-state index contributed by atoms with van der Waals surface area (Å²) < 4.78 is 5.57. The third-order valence-corrected chi connectivity index (χ3v) is 3.30. The van der Waals surface area contributed by atoms with Crippen molar-refractivity contribution in [2.75, 3.05) is 0 Å². The summed E-state index contributed by atoms with van der Waals surface area (Å²) in [5.74, 6) is 0.322. The lowest BCUT2D eigenvalue weighted by atomic mass is 10.2. The first-order chi connectivity index (χ1) is 10.6. The summed E-state index contributed by atoms with van der Waals surface area (Å²) in [6.45, 7) is 3.63. The second kappa shape index (κ2) is 7.61. The molecule has 4 nitrogen and oxygen atoms in total. The third-order valence-electron chi connectivity index (χ3n) is 2.96. The predicted octanol–water partition coefficient (Wildman–Crippen LogP) is 3.57. The molecule has 0 aromatic heterocycles. The summed E-state index contributed by atoms with van der Waals surface area (Å²) in [5.41, 5.74) is 4.24. The molecular formula is C17H17ClN2O2. The molecular weight excluding hydrogens is 300 g/mol. The Morgan fingerprint density at radius 1 is 1.27 bits per heavy atom. The van der Waals surface area contributed by atoms with Gasteiger partial charge in [-0.15, -0.1) is 0 Å². The molecule has 1 atom stereocenters. The van der Waals surface area contributed by atoms with E-state index in [9.17, 15) is 4.79 Å². The summed E-state index contributed by atoms with van der Waals surface area (Å²) in [5, 5.41) is 4.47. The second-order valence-corrected chi connectivity index (χ2v) is 5.24. The third kappa shape index (κ3) is 4.60. The zero-order valence-electron chi connectivity index (χ0n) is 12.4. The van der Waals surface area contributed by atoms with Crippen LogP contribution >= 0.6 is 11.6 Å². The Balaban J connectivity index is 1.90. The average molecular weight is 317 g/mol. The van der Waals surface area contributed by atoms with Crippen LogP contribution in [0.25, 0.3) is 0 Å². The number of nitrogens with one attached hydrogen (secondary N) is 1. The maximum atomic E-state index is 11.9. The fourth-order valence-electron chi connectivity index (χ4n) is 1.78. The molecule has 2 aromatic carbocycles. The predicted molar refractivity (Wildman–Crippen MR) is 88.5 cm³/mol. The molecule has 22 heavy (non-hydrogen) atoms. The molecule has 0 heterocycles. The lowest BCUT2D eigenvalue weighted by molar-refractivity contribution is -0.127. The fraction of sp³-hybridized carbons (Fsp3) is 0.176. The number of nitrogens with zero attached hydrogens (tertiary/aromatic N) is 1. The van der Waals surface area contributed by atoms with Gasteiger partial charge in [0.15, 0.2) is 6.10 Å². The molecule has 0 aliphatic heterocycles. The van der Waals surface area contributed by atoms with Crippen LogP contribution in [-0.2, 0) is 4.79 Å². The maximum absolute atomic E-state index is 11.9. The van der Waals surface area contributed by atoms with Crippen molar-refractivity contribution in [2.45, 2.75) is 20.0 Å². The number of carbonyl (C=O) groups excluding carboxylic acids is 1. The monoisotopic (exact) mass is 316 g/mol. The maximum Gasteiger partial charge on any atom is 0.280 e. The summed E-state index contributed by atoms with van der Waals surface area (Å²) in [4.78, 5) is 11.9. The first kappa shape index (κ1) is 16.0. The Kier molecular flexibility index (Phi) is 5.55. The van der Waals surface area contributed by atoms with E-state index >= 15 is 0 Å². The molecule has 114 valence electrons. The number of ether oxygens (including phenoxy) is 1. The number of carbonyl (C=O) groups is 1. The van der Waals surface area contributed by atoms with Gasteiger partial charge in [0.1, 0.15) is 5.75 Å². The van der Waals surface area contributed by atoms with Crippen LogP contribution in [0.1, 0.15) is 18.1 Å². The Labute approximate surface area is 134 Å². The van der Waals surface area contributed by atoms with Crippen molar-refractivity contribution in [3.8, 4) is 5.75 Å². The minimum atomic E-state index is -0.648. The summed E-state index contributed by atoms with van der Waals surface area (Å²) in [6.07, 6.45) is 0.852. The van der Waals surface area contributed by atoms with Crippen LogP contribution in [0.5, 0.6) is 5.75 Å². The molecule has 0 saturated heterocycles. The molecule has 0 radical (unpaired) electrons. The van der Waals surface area contributed by atoms with Gasteiger partial charge in [0.25, 0.3) is 5.91 Å². The van der Waals surface area contributed by atoms with Crippen LogP contribution in [0.15, 0.2) is 53.6 Å². The number of aryl methyl sites for hydroxylation is 1. The first-order valence-corrected chi connectivity index (χ1v) is 7.25. The number of hydrazone groups is 1. The number of amides is 1. The highest BCUT2D eigenvalue weighted by Crippen LogP contribution is 2.14. The van der Waals surface area contributed by atoms with E-state index < -0.39 is 6.10 Å². The van der Waals surface area contributed by atoms with E-state index in [0.29, 0.717) is 10.8 Å². The van der Waals surface area contributed by atoms with Crippen LogP contribution in [0.2, 0.25) is 5.02 Å². The first-order valence-electron chi connectivity index (χ1n) is 6.87. The molecule has 5 heteroatoms. The molecule has 0 saturated carbocycles. The molecule has 2 aromatic rings. The molecule has 0 bridgehead atoms. The zero-order valence-corrected chi connectivity index (χ0v) is 13.2. The SMILES string of the molecule is Cc1cccc(O[C@H](C)C(=O)NN=Cc2ccccc2Cl)c1. The topological polar surface area (TPSA) is 50.7 Å². The summed E-state index contributed by atoms with van der Waals surface area (Å²) >= 11 is 6.00. The van der Waals surface area contributed by atoms with E-state index in [1.54, 1.807) is 13.0 Å². The van der Waals surface area contributed by atoms with Crippen molar-refractivity contribution in [2.24, 2.45) is 5.10 Å². The highest BCUT2D eigenvalue weighted by Gasteiger charge is 2.13. The van der Waals surface area contributed by atoms with Gasteiger partial charge in [0.2, 0.25) is 0 Å². The van der Waals surface area contributed by atoms with Crippen LogP contribution in [0, 0.1) is 6.92 Å². The van der Waals surface area contributed by atoms with Gasteiger partial charge >= 0.3 is 0 Å². The van der Waals surface area contributed by atoms with Crippen molar-refractivity contribution in [3.05, 3.63) is 64.7 Å². The Hall–Kier alpha value is -2.33. The minimum Gasteiger partial charge on any atom is -0.481 e. The number of rotatable bonds is 5. The van der Waals surface area contributed by atoms with E-state index in [1.807, 2.05) is 49.4 Å². The molecule has 0 aliphatic carbocycles. The van der Waals surface area contributed by atoms with Crippen molar-refractivity contribution in [1.82, 2.24) is 5.43 Å². The quantitative estimate of drug-likeness (QED) is 0.677. The minimum absolute atomic E-state index is 0.329. The van der Waals surface area contributed by atoms with Crippen molar-refractivity contribution >= 4 is 23.7 Å². The highest BCUT2D eigenvalue weighted by molar-refractivity contribution is 6.33. The van der Waals surface area contributed by atoms with Crippen molar-refractivity contribution < 1.29 is 9.53 Å².